The first kappa shape index (κ1) is 18.3. The van der Waals surface area contributed by atoms with E-state index in [2.05, 4.69) is 16.1 Å². The van der Waals surface area contributed by atoms with Crippen molar-refractivity contribution in [3.8, 4) is 5.75 Å². The Hall–Kier alpha value is -2.52. The van der Waals surface area contributed by atoms with Crippen LogP contribution in [0.15, 0.2) is 17.2 Å². The minimum absolute atomic E-state index is 0.0992. The van der Waals surface area contributed by atoms with E-state index in [0.29, 0.717) is 37.6 Å². The lowest BCUT2D eigenvalue weighted by atomic mass is 9.96. The molecule has 0 atom stereocenters. The third kappa shape index (κ3) is 4.00. The lowest BCUT2D eigenvalue weighted by molar-refractivity contribution is 0.0178. The van der Waals surface area contributed by atoms with Crippen LogP contribution in [0.1, 0.15) is 37.5 Å². The van der Waals surface area contributed by atoms with Crippen LogP contribution in [0, 0.1) is 0 Å². The van der Waals surface area contributed by atoms with Gasteiger partial charge in [0.25, 0.3) is 0 Å². The second-order valence-corrected chi connectivity index (χ2v) is 7.31. The molecule has 1 aromatic rings. The van der Waals surface area contributed by atoms with Gasteiger partial charge in [0.15, 0.2) is 5.84 Å². The van der Waals surface area contributed by atoms with Crippen LogP contribution >= 0.6 is 0 Å². The molecule has 2 aliphatic heterocycles. The smallest absolute Gasteiger partial charge is 0.410 e. The molecule has 0 aliphatic carbocycles. The zero-order valence-corrected chi connectivity index (χ0v) is 15.5. The van der Waals surface area contributed by atoms with Gasteiger partial charge in [0.1, 0.15) is 18.1 Å². The summed E-state index contributed by atoms with van der Waals surface area (Å²) in [4.78, 5) is 13.9. The molecule has 0 radical (unpaired) electrons. The van der Waals surface area contributed by atoms with Gasteiger partial charge in [-0.1, -0.05) is 5.12 Å². The van der Waals surface area contributed by atoms with Gasteiger partial charge in [-0.3, -0.25) is 5.43 Å². The maximum absolute atomic E-state index is 12.3. The van der Waals surface area contributed by atoms with E-state index >= 15 is 0 Å². The number of methoxy groups -OCH3 is 1. The molecule has 26 heavy (non-hydrogen) atoms. The van der Waals surface area contributed by atoms with Crippen molar-refractivity contribution in [2.24, 2.45) is 5.10 Å². The Morgan fingerprint density at radius 1 is 1.35 bits per heavy atom. The first-order chi connectivity index (χ1) is 12.3. The van der Waals surface area contributed by atoms with E-state index in [-0.39, 0.29) is 11.8 Å². The van der Waals surface area contributed by atoms with Gasteiger partial charge in [-0.25, -0.2) is 10.3 Å². The fourth-order valence-electron chi connectivity index (χ4n) is 2.87. The van der Waals surface area contributed by atoms with Gasteiger partial charge in [-0.2, -0.15) is 0 Å². The summed E-state index contributed by atoms with van der Waals surface area (Å²) in [7, 11) is 1.58. The van der Waals surface area contributed by atoms with Crippen LogP contribution in [0.25, 0.3) is 0 Å². The molecule has 9 nitrogen and oxygen atoms in total. The van der Waals surface area contributed by atoms with Crippen LogP contribution in [-0.4, -0.2) is 53.0 Å². The molecular formula is C17H25N5O4. The number of hydrazone groups is 1. The van der Waals surface area contributed by atoms with E-state index in [4.69, 9.17) is 9.47 Å². The summed E-state index contributed by atoms with van der Waals surface area (Å²) in [5, 5.41) is 16.1. The first-order valence-electron chi connectivity index (χ1n) is 8.46. The maximum atomic E-state index is 12.3. The van der Waals surface area contributed by atoms with Crippen molar-refractivity contribution >= 4 is 11.9 Å². The molecule has 0 saturated heterocycles. The van der Waals surface area contributed by atoms with Gasteiger partial charge in [0.05, 0.1) is 5.56 Å². The van der Waals surface area contributed by atoms with Crippen molar-refractivity contribution in [3.63, 3.8) is 0 Å². The van der Waals surface area contributed by atoms with Gasteiger partial charge in [0, 0.05) is 20.2 Å². The van der Waals surface area contributed by atoms with Crippen molar-refractivity contribution in [2.75, 3.05) is 20.4 Å². The fourth-order valence-corrected chi connectivity index (χ4v) is 2.87. The molecule has 3 N–H and O–H groups in total. The number of rotatable bonds is 3. The standard InChI is InChI=1S/C17H25N5O4/c1-17(2,3)26-16(24)21-6-5-11-7-13(14(23)8-12(11)9-21)15-18-20-22(19-15)10-25-4/h7-8,20,23H,5-6,9-10H2,1-4H3,(H,18,19). The molecule has 1 amide bonds. The van der Waals surface area contributed by atoms with Crippen LogP contribution in [-0.2, 0) is 22.4 Å². The highest BCUT2D eigenvalue weighted by molar-refractivity contribution is 6.01. The van der Waals surface area contributed by atoms with Gasteiger partial charge in [0.2, 0.25) is 0 Å². The van der Waals surface area contributed by atoms with Gasteiger partial charge in [-0.15, -0.1) is 5.10 Å². The van der Waals surface area contributed by atoms with E-state index in [9.17, 15) is 9.90 Å². The summed E-state index contributed by atoms with van der Waals surface area (Å²) in [6.45, 7) is 6.81. The predicted octanol–water partition coefficient (Wildman–Crippen LogP) is 1.28. The van der Waals surface area contributed by atoms with Crippen molar-refractivity contribution in [3.05, 3.63) is 28.8 Å². The summed E-state index contributed by atoms with van der Waals surface area (Å²) in [6.07, 6.45) is 0.345. The number of carbonyl (C=O) groups excluding carboxylic acids is 1. The normalized spacial score (nSPS) is 17.2. The summed E-state index contributed by atoms with van der Waals surface area (Å²) in [5.74, 6) is 0.610. The second-order valence-electron chi connectivity index (χ2n) is 7.31. The van der Waals surface area contributed by atoms with Crippen LogP contribution in [0.3, 0.4) is 0 Å². The number of ether oxygens (including phenoxy) is 2. The Kier molecular flexibility index (Phi) is 4.92. The molecule has 0 bridgehead atoms. The molecule has 142 valence electrons. The number of hydrogen-bond donors (Lipinski definition) is 3. The van der Waals surface area contributed by atoms with Crippen LogP contribution < -0.4 is 11.0 Å². The Labute approximate surface area is 152 Å². The number of fused-ring (bicyclic) bond motifs is 1. The predicted molar refractivity (Wildman–Crippen MR) is 95.0 cm³/mol. The number of phenolic OH excluding ortho intramolecular Hbond substituents is 1. The Morgan fingerprint density at radius 3 is 2.81 bits per heavy atom. The number of amides is 1. The average molecular weight is 363 g/mol. The molecule has 0 saturated carbocycles. The molecule has 0 fully saturated rings. The van der Waals surface area contributed by atoms with E-state index in [0.717, 1.165) is 11.1 Å². The zero-order chi connectivity index (χ0) is 18.9. The van der Waals surface area contributed by atoms with Gasteiger partial charge in [-0.05, 0) is 50.5 Å². The van der Waals surface area contributed by atoms with Crippen molar-refractivity contribution < 1.29 is 19.4 Å². The zero-order valence-electron chi connectivity index (χ0n) is 15.5. The number of hydrazine groups is 2. The topological polar surface area (TPSA) is 98.7 Å². The maximum Gasteiger partial charge on any atom is 0.410 e. The number of nitrogens with zero attached hydrogens (tertiary/aromatic N) is 3. The largest absolute Gasteiger partial charge is 0.507 e. The lowest BCUT2D eigenvalue weighted by Crippen LogP contribution is -2.42. The SMILES string of the molecule is COCN1NN=C(c2cc3c(cc2O)CN(C(=O)OC(C)(C)C)CC3)N1. The Bertz CT molecular complexity index is 729. The van der Waals surface area contributed by atoms with E-state index in [1.165, 1.54) is 0 Å². The second kappa shape index (κ2) is 7.00. The highest BCUT2D eigenvalue weighted by atomic mass is 16.6. The number of benzene rings is 1. The third-order valence-corrected chi connectivity index (χ3v) is 4.02. The molecular weight excluding hydrogens is 338 g/mol. The number of hydrogen-bond acceptors (Lipinski definition) is 8. The molecule has 0 aromatic heterocycles. The monoisotopic (exact) mass is 363 g/mol. The van der Waals surface area contributed by atoms with Gasteiger partial charge >= 0.3 is 6.09 Å². The molecule has 0 spiro atoms. The lowest BCUT2D eigenvalue weighted by Gasteiger charge is -2.31. The van der Waals surface area contributed by atoms with Gasteiger partial charge < -0.3 is 19.5 Å². The summed E-state index contributed by atoms with van der Waals surface area (Å²) >= 11 is 0. The summed E-state index contributed by atoms with van der Waals surface area (Å²) in [5.41, 5.74) is 7.82. The fraction of sp³-hybridized carbons (Fsp3) is 0.529. The van der Waals surface area contributed by atoms with Crippen molar-refractivity contribution in [1.29, 1.82) is 0 Å². The number of nitrogens with one attached hydrogen (secondary N) is 2. The third-order valence-electron chi connectivity index (χ3n) is 4.02. The van der Waals surface area contributed by atoms with Crippen LogP contribution in [0.2, 0.25) is 0 Å². The molecule has 9 heteroatoms. The Morgan fingerprint density at radius 2 is 2.12 bits per heavy atom. The minimum atomic E-state index is -0.531. The summed E-state index contributed by atoms with van der Waals surface area (Å²) < 4.78 is 10.4. The highest BCUT2D eigenvalue weighted by Gasteiger charge is 2.27. The van der Waals surface area contributed by atoms with E-state index in [1.54, 1.807) is 23.2 Å². The minimum Gasteiger partial charge on any atom is -0.507 e. The average Bonchev–Trinajstić information content (AvgIpc) is 3.01. The molecule has 0 unspecified atom stereocenters. The molecule has 2 aliphatic rings. The van der Waals surface area contributed by atoms with E-state index < -0.39 is 5.60 Å². The van der Waals surface area contributed by atoms with Crippen LogP contribution in [0.4, 0.5) is 4.79 Å². The number of phenols is 1. The van der Waals surface area contributed by atoms with Crippen molar-refractivity contribution in [1.82, 2.24) is 21.0 Å². The summed E-state index contributed by atoms with van der Waals surface area (Å²) in [6, 6.07) is 3.59. The first-order valence-corrected chi connectivity index (χ1v) is 8.46. The van der Waals surface area contributed by atoms with E-state index in [1.807, 2.05) is 26.8 Å². The van der Waals surface area contributed by atoms with Crippen molar-refractivity contribution in [2.45, 2.75) is 39.3 Å². The number of aromatic hydroxyl groups is 1. The number of carbonyl (C=O) groups is 1. The molecule has 3 rings (SSSR count). The highest BCUT2D eigenvalue weighted by Crippen LogP contribution is 2.28. The molecule has 1 aromatic carbocycles. The molecule has 2 heterocycles. The van der Waals surface area contributed by atoms with Crippen LogP contribution in [0.5, 0.6) is 5.75 Å². The number of amidine groups is 1. The quantitative estimate of drug-likeness (QED) is 0.744. The Balaban J connectivity index is 1.74.